The van der Waals surface area contributed by atoms with E-state index < -0.39 is 6.17 Å². The number of benzene rings is 1. The lowest BCUT2D eigenvalue weighted by Crippen LogP contribution is -2.39. The SMILES string of the molecule is CN(Cc1nc2ccccc2o1)C[C@@H]1C[C@H](F)CN1c1ccnc(N(C)C)n1. The van der Waals surface area contributed by atoms with Gasteiger partial charge < -0.3 is 14.2 Å². The first-order valence-electron chi connectivity index (χ1n) is 9.43. The molecular formula is C20H25FN6O. The number of hydrogen-bond donors (Lipinski definition) is 0. The number of nitrogens with zero attached hydrogens (tertiary/aromatic N) is 6. The third kappa shape index (κ3) is 3.91. The predicted molar refractivity (Wildman–Crippen MR) is 107 cm³/mol. The molecule has 28 heavy (non-hydrogen) atoms. The van der Waals surface area contributed by atoms with Gasteiger partial charge in [0.1, 0.15) is 17.5 Å². The van der Waals surface area contributed by atoms with Crippen molar-refractivity contribution in [2.24, 2.45) is 0 Å². The highest BCUT2D eigenvalue weighted by Crippen LogP contribution is 2.27. The molecule has 7 nitrogen and oxygen atoms in total. The standard InChI is InChI=1S/C20H25FN6O/c1-25(2)20-22-9-8-18(24-20)27-11-14(21)10-15(27)12-26(3)13-19-23-16-6-4-5-7-17(16)28-19/h4-9,14-15H,10-13H2,1-3H3/t14-,15-/m0/s1. The van der Waals surface area contributed by atoms with Gasteiger partial charge in [-0.05, 0) is 25.2 Å². The van der Waals surface area contributed by atoms with E-state index >= 15 is 0 Å². The van der Waals surface area contributed by atoms with Crippen molar-refractivity contribution in [2.45, 2.75) is 25.2 Å². The van der Waals surface area contributed by atoms with Crippen molar-refractivity contribution in [3.8, 4) is 0 Å². The van der Waals surface area contributed by atoms with E-state index in [9.17, 15) is 4.39 Å². The average molecular weight is 384 g/mol. The average Bonchev–Trinajstić information content (AvgIpc) is 3.24. The summed E-state index contributed by atoms with van der Waals surface area (Å²) in [6.07, 6.45) is 1.35. The van der Waals surface area contributed by atoms with Gasteiger partial charge in [-0.1, -0.05) is 12.1 Å². The van der Waals surface area contributed by atoms with Crippen LogP contribution in [0, 0.1) is 0 Å². The van der Waals surface area contributed by atoms with Crippen molar-refractivity contribution in [1.29, 1.82) is 0 Å². The van der Waals surface area contributed by atoms with E-state index in [1.807, 2.05) is 61.3 Å². The van der Waals surface area contributed by atoms with E-state index in [4.69, 9.17) is 4.42 Å². The molecule has 0 spiro atoms. The van der Waals surface area contributed by atoms with Gasteiger partial charge >= 0.3 is 0 Å². The maximum atomic E-state index is 14.2. The minimum atomic E-state index is -0.861. The number of fused-ring (bicyclic) bond motifs is 1. The van der Waals surface area contributed by atoms with E-state index in [-0.39, 0.29) is 6.04 Å². The molecule has 2 atom stereocenters. The number of rotatable bonds is 6. The molecule has 4 rings (SSSR count). The predicted octanol–water partition coefficient (Wildman–Crippen LogP) is 2.73. The van der Waals surface area contributed by atoms with Crippen molar-refractivity contribution in [3.05, 3.63) is 42.4 Å². The van der Waals surface area contributed by atoms with Gasteiger partial charge in [0, 0.05) is 39.3 Å². The Bertz CT molecular complexity index is 912. The van der Waals surface area contributed by atoms with Crippen LogP contribution in [-0.4, -0.2) is 66.3 Å². The molecule has 2 aromatic heterocycles. The molecule has 1 fully saturated rings. The molecule has 0 saturated carbocycles. The van der Waals surface area contributed by atoms with Gasteiger partial charge in [0.15, 0.2) is 5.58 Å². The summed E-state index contributed by atoms with van der Waals surface area (Å²) < 4.78 is 20.1. The Morgan fingerprint density at radius 2 is 2.00 bits per heavy atom. The number of anilines is 2. The maximum Gasteiger partial charge on any atom is 0.226 e. The Hall–Kier alpha value is -2.74. The molecule has 0 bridgehead atoms. The van der Waals surface area contributed by atoms with Crippen LogP contribution >= 0.6 is 0 Å². The van der Waals surface area contributed by atoms with Crippen molar-refractivity contribution < 1.29 is 8.81 Å². The van der Waals surface area contributed by atoms with Crippen molar-refractivity contribution >= 4 is 22.9 Å². The zero-order valence-corrected chi connectivity index (χ0v) is 16.4. The van der Waals surface area contributed by atoms with Crippen LogP contribution in [0.4, 0.5) is 16.2 Å². The first-order valence-corrected chi connectivity index (χ1v) is 9.43. The van der Waals surface area contributed by atoms with E-state index in [0.717, 1.165) is 16.9 Å². The topological polar surface area (TPSA) is 61.5 Å². The monoisotopic (exact) mass is 384 g/mol. The van der Waals surface area contributed by atoms with Gasteiger partial charge in [0.05, 0.1) is 13.1 Å². The van der Waals surface area contributed by atoms with Crippen LogP contribution in [0.2, 0.25) is 0 Å². The van der Waals surface area contributed by atoms with Crippen LogP contribution in [0.3, 0.4) is 0 Å². The van der Waals surface area contributed by atoms with Crippen LogP contribution < -0.4 is 9.80 Å². The fraction of sp³-hybridized carbons (Fsp3) is 0.450. The van der Waals surface area contributed by atoms with Crippen molar-refractivity contribution in [2.75, 3.05) is 44.0 Å². The molecule has 1 aromatic carbocycles. The lowest BCUT2D eigenvalue weighted by molar-refractivity contribution is 0.267. The van der Waals surface area contributed by atoms with Gasteiger partial charge in [-0.15, -0.1) is 0 Å². The third-order valence-electron chi connectivity index (χ3n) is 4.95. The van der Waals surface area contributed by atoms with Crippen LogP contribution in [0.15, 0.2) is 40.9 Å². The Labute approximate surface area is 163 Å². The zero-order valence-electron chi connectivity index (χ0n) is 16.4. The molecule has 0 N–H and O–H groups in total. The zero-order chi connectivity index (χ0) is 19.7. The van der Waals surface area contributed by atoms with E-state index in [1.165, 1.54) is 0 Å². The highest BCUT2D eigenvalue weighted by Gasteiger charge is 2.34. The summed E-state index contributed by atoms with van der Waals surface area (Å²) in [6, 6.07) is 9.61. The number of hydrogen-bond acceptors (Lipinski definition) is 7. The van der Waals surface area contributed by atoms with Gasteiger partial charge in [0.25, 0.3) is 0 Å². The highest BCUT2D eigenvalue weighted by atomic mass is 19.1. The summed E-state index contributed by atoms with van der Waals surface area (Å²) in [4.78, 5) is 19.4. The number of halogens is 1. The second-order valence-corrected chi connectivity index (χ2v) is 7.52. The number of para-hydroxylation sites is 2. The number of likely N-dealkylation sites (N-methyl/N-ethyl adjacent to an activating group) is 1. The second-order valence-electron chi connectivity index (χ2n) is 7.52. The molecule has 1 aliphatic rings. The smallest absolute Gasteiger partial charge is 0.226 e. The minimum absolute atomic E-state index is 0.0364. The lowest BCUT2D eigenvalue weighted by Gasteiger charge is -2.29. The summed E-state index contributed by atoms with van der Waals surface area (Å²) in [7, 11) is 5.79. The molecule has 0 amide bonds. The fourth-order valence-corrected chi connectivity index (χ4v) is 3.67. The Morgan fingerprint density at radius 3 is 2.79 bits per heavy atom. The summed E-state index contributed by atoms with van der Waals surface area (Å²) in [6.45, 7) is 1.62. The molecule has 1 aliphatic heterocycles. The summed E-state index contributed by atoms with van der Waals surface area (Å²) in [5.41, 5.74) is 1.64. The number of alkyl halides is 1. The normalized spacial score (nSPS) is 19.7. The fourth-order valence-electron chi connectivity index (χ4n) is 3.67. The molecule has 148 valence electrons. The molecule has 0 aliphatic carbocycles. The number of oxazole rings is 1. The number of aromatic nitrogens is 3. The van der Waals surface area contributed by atoms with E-state index in [2.05, 4.69) is 19.9 Å². The van der Waals surface area contributed by atoms with Crippen molar-refractivity contribution in [1.82, 2.24) is 19.9 Å². The summed E-state index contributed by atoms with van der Waals surface area (Å²) in [5, 5.41) is 0. The largest absolute Gasteiger partial charge is 0.439 e. The summed E-state index contributed by atoms with van der Waals surface area (Å²) in [5.74, 6) is 2.06. The lowest BCUT2D eigenvalue weighted by atomic mass is 10.2. The van der Waals surface area contributed by atoms with Gasteiger partial charge in [0.2, 0.25) is 11.8 Å². The van der Waals surface area contributed by atoms with Crippen LogP contribution in [0.25, 0.3) is 11.1 Å². The van der Waals surface area contributed by atoms with Gasteiger partial charge in [-0.3, -0.25) is 4.90 Å². The van der Waals surface area contributed by atoms with Gasteiger partial charge in [-0.2, -0.15) is 4.98 Å². The van der Waals surface area contributed by atoms with Crippen LogP contribution in [-0.2, 0) is 6.54 Å². The third-order valence-corrected chi connectivity index (χ3v) is 4.95. The van der Waals surface area contributed by atoms with E-state index in [0.29, 0.717) is 37.9 Å². The molecule has 3 heterocycles. The first kappa shape index (κ1) is 18.6. The quantitative estimate of drug-likeness (QED) is 0.648. The van der Waals surface area contributed by atoms with E-state index in [1.54, 1.807) is 6.20 Å². The first-order chi connectivity index (χ1) is 13.5. The van der Waals surface area contributed by atoms with Gasteiger partial charge in [-0.25, -0.2) is 14.4 Å². The van der Waals surface area contributed by atoms with Crippen LogP contribution in [0.1, 0.15) is 12.3 Å². The molecule has 8 heteroatoms. The molecule has 0 unspecified atom stereocenters. The molecule has 0 radical (unpaired) electrons. The maximum absolute atomic E-state index is 14.2. The van der Waals surface area contributed by atoms with Crippen LogP contribution in [0.5, 0.6) is 0 Å². The molecular weight excluding hydrogens is 359 g/mol. The minimum Gasteiger partial charge on any atom is -0.439 e. The Morgan fingerprint density at radius 1 is 1.18 bits per heavy atom. The summed E-state index contributed by atoms with van der Waals surface area (Å²) >= 11 is 0. The Balaban J connectivity index is 1.46. The second kappa shape index (κ2) is 7.71. The van der Waals surface area contributed by atoms with Crippen molar-refractivity contribution in [3.63, 3.8) is 0 Å². The Kier molecular flexibility index (Phi) is 5.13. The molecule has 1 saturated heterocycles. The highest BCUT2D eigenvalue weighted by molar-refractivity contribution is 5.72. The molecule has 3 aromatic rings.